The molecule has 0 radical (unpaired) electrons. The first kappa shape index (κ1) is 20.1. The van der Waals surface area contributed by atoms with Crippen LogP contribution >= 0.6 is 11.3 Å². The summed E-state index contributed by atoms with van der Waals surface area (Å²) < 4.78 is 43.0. The Morgan fingerprint density at radius 1 is 1.54 bits per heavy atom. The summed E-state index contributed by atoms with van der Waals surface area (Å²) in [6.07, 6.45) is -0.795. The molecule has 1 amide bonds. The number of carbonyl (C=O) groups excluding carboxylic acids is 2. The topological polar surface area (TPSA) is 199 Å². The van der Waals surface area contributed by atoms with E-state index in [0.717, 1.165) is 11.3 Å². The molecule has 0 spiro atoms. The third-order valence-electron chi connectivity index (χ3n) is 3.57. The Hall–Kier alpha value is -2.62. The van der Waals surface area contributed by atoms with Gasteiger partial charge in [0.15, 0.2) is 16.6 Å². The summed E-state index contributed by atoms with van der Waals surface area (Å²) in [5.41, 5.74) is 3.35. The number of nitrogens with two attached hydrogens (primary N) is 1. The number of anilines is 1. The number of amides is 1. The van der Waals surface area contributed by atoms with Gasteiger partial charge >= 0.3 is 16.4 Å². The lowest BCUT2D eigenvalue weighted by Gasteiger charge is -2.50. The zero-order chi connectivity index (χ0) is 22.2. The average Bonchev–Trinajstić information content (AvgIpc) is 3.00. The van der Waals surface area contributed by atoms with Crippen molar-refractivity contribution in [2.24, 2.45) is 11.0 Å². The van der Waals surface area contributed by atoms with Crippen molar-refractivity contribution >= 4 is 50.2 Å². The SMILES string of the molecule is [2H][C@@]1(CC(=O)/C(=N\OCC(=O)O)c2csc(N)n2)C(=O)N(OS(=O)(=O)O)C1(C)C. The maximum atomic E-state index is 12.7. The lowest BCUT2D eigenvalue weighted by molar-refractivity contribution is -0.228. The zero-order valence-corrected chi connectivity index (χ0v) is 16.1. The molecule has 1 atom stereocenters. The highest BCUT2D eigenvalue weighted by Crippen LogP contribution is 2.40. The van der Waals surface area contributed by atoms with Crippen molar-refractivity contribution in [3.05, 3.63) is 11.1 Å². The van der Waals surface area contributed by atoms with Crippen LogP contribution in [-0.4, -0.2) is 63.6 Å². The quantitative estimate of drug-likeness (QED) is 0.194. The van der Waals surface area contributed by atoms with Gasteiger partial charge in [-0.2, -0.15) is 13.5 Å². The average molecular weight is 437 g/mol. The molecule has 13 nitrogen and oxygen atoms in total. The van der Waals surface area contributed by atoms with Crippen LogP contribution in [0.5, 0.6) is 0 Å². The van der Waals surface area contributed by atoms with Gasteiger partial charge in [-0.25, -0.2) is 9.78 Å². The molecule has 1 fully saturated rings. The highest BCUT2D eigenvalue weighted by atomic mass is 32.3. The summed E-state index contributed by atoms with van der Waals surface area (Å²) in [4.78, 5) is 44.0. The third kappa shape index (κ3) is 4.80. The van der Waals surface area contributed by atoms with Crippen LogP contribution in [0.3, 0.4) is 0 Å². The molecule has 0 aliphatic carbocycles. The van der Waals surface area contributed by atoms with E-state index in [9.17, 15) is 22.8 Å². The molecule has 154 valence electrons. The van der Waals surface area contributed by atoms with Gasteiger partial charge in [-0.3, -0.25) is 14.1 Å². The van der Waals surface area contributed by atoms with E-state index in [1.807, 2.05) is 0 Å². The first-order chi connectivity index (χ1) is 13.2. The van der Waals surface area contributed by atoms with Crippen LogP contribution in [-0.2, 0) is 33.9 Å². The normalized spacial score (nSPS) is 22.4. The molecule has 2 rings (SSSR count). The van der Waals surface area contributed by atoms with Gasteiger partial charge in [-0.1, -0.05) is 5.16 Å². The monoisotopic (exact) mass is 437 g/mol. The van der Waals surface area contributed by atoms with Crippen LogP contribution in [0, 0.1) is 5.89 Å². The fourth-order valence-electron chi connectivity index (χ4n) is 2.25. The van der Waals surface area contributed by atoms with Gasteiger partial charge in [0.1, 0.15) is 5.69 Å². The van der Waals surface area contributed by atoms with Crippen molar-refractivity contribution in [1.82, 2.24) is 10.0 Å². The smallest absolute Gasteiger partial charge is 0.418 e. The van der Waals surface area contributed by atoms with Crippen LogP contribution in [0.25, 0.3) is 0 Å². The van der Waals surface area contributed by atoms with Crippen LogP contribution in [0.15, 0.2) is 10.5 Å². The molecule has 0 bridgehead atoms. The molecule has 15 heteroatoms. The Balaban J connectivity index is 2.28. The van der Waals surface area contributed by atoms with Crippen molar-refractivity contribution in [1.29, 1.82) is 0 Å². The second-order valence-corrected chi connectivity index (χ2v) is 7.81. The number of Topliss-reactive ketones (excluding diaryl/α,β-unsaturated/α-hetero) is 1. The van der Waals surface area contributed by atoms with Gasteiger partial charge in [0.2, 0.25) is 6.61 Å². The summed E-state index contributed by atoms with van der Waals surface area (Å²) in [5, 5.41) is 13.7. The molecule has 4 N–H and O–H groups in total. The van der Waals surface area contributed by atoms with Gasteiger partial charge in [0, 0.05) is 13.2 Å². The van der Waals surface area contributed by atoms with Crippen molar-refractivity contribution in [2.45, 2.75) is 25.8 Å². The summed E-state index contributed by atoms with van der Waals surface area (Å²) >= 11 is 0.960. The molecule has 28 heavy (non-hydrogen) atoms. The van der Waals surface area contributed by atoms with E-state index < -0.39 is 58.2 Å². The van der Waals surface area contributed by atoms with E-state index in [-0.39, 0.29) is 15.9 Å². The first-order valence-corrected chi connectivity index (χ1v) is 9.61. The lowest BCUT2D eigenvalue weighted by atomic mass is 9.74. The second kappa shape index (κ2) is 7.78. The summed E-state index contributed by atoms with van der Waals surface area (Å²) in [5.74, 6) is -5.64. The highest BCUT2D eigenvalue weighted by Gasteiger charge is 2.57. The van der Waals surface area contributed by atoms with Crippen LogP contribution in [0.2, 0.25) is 0 Å². The first-order valence-electron chi connectivity index (χ1n) is 7.87. The van der Waals surface area contributed by atoms with Gasteiger partial charge in [-0.05, 0) is 13.8 Å². The third-order valence-corrected chi connectivity index (χ3v) is 4.58. The van der Waals surface area contributed by atoms with E-state index in [1.54, 1.807) is 0 Å². The number of oxime groups is 1. The van der Waals surface area contributed by atoms with Crippen molar-refractivity contribution in [3.8, 4) is 0 Å². The maximum Gasteiger partial charge on any atom is 0.418 e. The number of nitrogens with zero attached hydrogens (tertiary/aromatic N) is 3. The number of β-lactam (4-membered cyclic amide) rings is 1. The number of ketones is 1. The number of carboxylic acid groups (broad SMARTS) is 1. The summed E-state index contributed by atoms with van der Waals surface area (Å²) in [6, 6.07) is 0. The molecular formula is C13H16N4O9S2. The standard InChI is InChI=1S/C13H16N4O9S2/c1-13(2)6(11(21)17(13)26-28(22,23)24)3-8(18)10(16-25-4-9(19)20)7-5-27-12(14)15-7/h5-6H,3-4H2,1-2H3,(H2,14,15)(H,19,20)(H,22,23,24)/b16-10-/t6-/m1/s1/i6D. The molecule has 2 heterocycles. The number of hydroxylamine groups is 2. The van der Waals surface area contributed by atoms with Crippen molar-refractivity contribution in [3.63, 3.8) is 0 Å². The van der Waals surface area contributed by atoms with E-state index in [0.29, 0.717) is 0 Å². The number of aliphatic carboxylic acids is 1. The molecule has 0 saturated carbocycles. The Morgan fingerprint density at radius 2 is 2.18 bits per heavy atom. The fourth-order valence-corrected chi connectivity index (χ4v) is 3.24. The Bertz CT molecular complexity index is 990. The number of rotatable bonds is 9. The summed E-state index contributed by atoms with van der Waals surface area (Å²) in [6.45, 7) is 1.64. The van der Waals surface area contributed by atoms with E-state index in [2.05, 4.69) is 19.3 Å². The Kier molecular flexibility index (Phi) is 5.59. The molecule has 1 aromatic rings. The van der Waals surface area contributed by atoms with Crippen LogP contribution < -0.4 is 5.73 Å². The maximum absolute atomic E-state index is 12.7. The van der Waals surface area contributed by atoms with E-state index >= 15 is 0 Å². The number of nitrogen functional groups attached to an aromatic ring is 1. The fraction of sp³-hybridized carbons (Fsp3) is 0.462. The Morgan fingerprint density at radius 3 is 2.64 bits per heavy atom. The zero-order valence-electron chi connectivity index (χ0n) is 15.5. The minimum atomic E-state index is -5.03. The van der Waals surface area contributed by atoms with E-state index in [4.69, 9.17) is 16.8 Å². The molecule has 0 unspecified atom stereocenters. The minimum absolute atomic E-state index is 0.0536. The number of hydrogen-bond donors (Lipinski definition) is 3. The van der Waals surface area contributed by atoms with Crippen LogP contribution in [0.4, 0.5) is 5.13 Å². The van der Waals surface area contributed by atoms with Gasteiger partial charge in [0.05, 0.1) is 11.4 Å². The predicted molar refractivity (Wildman–Crippen MR) is 93.3 cm³/mol. The summed E-state index contributed by atoms with van der Waals surface area (Å²) in [7, 11) is -5.03. The molecule has 1 aliphatic rings. The second-order valence-electron chi connectivity index (χ2n) is 5.92. The number of thiazole rings is 1. The molecule has 1 aromatic heterocycles. The molecular weight excluding hydrogens is 420 g/mol. The molecule has 1 aliphatic heterocycles. The van der Waals surface area contributed by atoms with Crippen molar-refractivity contribution in [2.75, 3.05) is 12.3 Å². The van der Waals surface area contributed by atoms with Gasteiger partial charge < -0.3 is 15.7 Å². The Labute approximate surface area is 164 Å². The number of hydrogen-bond acceptors (Lipinski definition) is 11. The number of carbonyl (C=O) groups is 3. The van der Waals surface area contributed by atoms with Gasteiger partial charge in [0.25, 0.3) is 5.91 Å². The minimum Gasteiger partial charge on any atom is -0.479 e. The number of carboxylic acids is 1. The predicted octanol–water partition coefficient (Wildman–Crippen LogP) is -0.539. The van der Waals surface area contributed by atoms with Gasteiger partial charge in [-0.15, -0.1) is 15.6 Å². The molecule has 1 saturated heterocycles. The molecule has 0 aromatic carbocycles. The van der Waals surface area contributed by atoms with Crippen LogP contribution in [0.1, 0.15) is 27.3 Å². The lowest BCUT2D eigenvalue weighted by Crippen LogP contribution is -2.68. The largest absolute Gasteiger partial charge is 0.479 e. The highest BCUT2D eigenvalue weighted by molar-refractivity contribution is 7.80. The van der Waals surface area contributed by atoms with Crippen molar-refractivity contribution < 1.29 is 43.0 Å². The van der Waals surface area contributed by atoms with E-state index in [1.165, 1.54) is 19.2 Å². The number of aromatic nitrogens is 1.